The number of carbonyl (C=O) groups is 2. The second kappa shape index (κ2) is 7.56. The molecule has 1 atom stereocenters. The SMILES string of the molecule is COc1ccccc1-c1cc(NC(=O)C2CC(=O)N(c3ccccc3)C2)on1. The van der Waals surface area contributed by atoms with Crippen molar-refractivity contribution in [3.05, 3.63) is 60.7 Å². The molecule has 1 aliphatic heterocycles. The van der Waals surface area contributed by atoms with E-state index < -0.39 is 5.92 Å². The van der Waals surface area contributed by atoms with Crippen LogP contribution in [0.15, 0.2) is 65.2 Å². The molecular weight excluding hydrogens is 358 g/mol. The molecule has 1 unspecified atom stereocenters. The number of methoxy groups -OCH3 is 1. The smallest absolute Gasteiger partial charge is 0.232 e. The Bertz CT molecular complexity index is 1000. The van der Waals surface area contributed by atoms with Crippen LogP contribution < -0.4 is 15.0 Å². The lowest BCUT2D eigenvalue weighted by Crippen LogP contribution is -2.27. The highest BCUT2D eigenvalue weighted by atomic mass is 16.5. The number of anilines is 2. The molecule has 0 aliphatic carbocycles. The van der Waals surface area contributed by atoms with Crippen LogP contribution in [0.25, 0.3) is 11.3 Å². The summed E-state index contributed by atoms with van der Waals surface area (Å²) in [6.45, 7) is 0.335. The van der Waals surface area contributed by atoms with Gasteiger partial charge in [0.1, 0.15) is 11.4 Å². The summed E-state index contributed by atoms with van der Waals surface area (Å²) in [5.74, 6) is 0.103. The zero-order valence-electron chi connectivity index (χ0n) is 15.3. The minimum atomic E-state index is -0.451. The van der Waals surface area contributed by atoms with E-state index in [2.05, 4.69) is 10.5 Å². The monoisotopic (exact) mass is 377 g/mol. The van der Waals surface area contributed by atoms with Crippen LogP contribution in [0.2, 0.25) is 0 Å². The number of aromatic nitrogens is 1. The first-order valence-electron chi connectivity index (χ1n) is 8.92. The number of nitrogens with one attached hydrogen (secondary N) is 1. The fourth-order valence-electron chi connectivity index (χ4n) is 3.28. The molecule has 0 saturated carbocycles. The topological polar surface area (TPSA) is 84.7 Å². The zero-order chi connectivity index (χ0) is 19.5. The van der Waals surface area contributed by atoms with Crippen molar-refractivity contribution in [1.29, 1.82) is 0 Å². The molecule has 0 spiro atoms. The Kier molecular flexibility index (Phi) is 4.80. The van der Waals surface area contributed by atoms with Gasteiger partial charge in [-0.05, 0) is 24.3 Å². The zero-order valence-corrected chi connectivity index (χ0v) is 15.3. The van der Waals surface area contributed by atoms with E-state index in [1.165, 1.54) is 0 Å². The number of hydrogen-bond donors (Lipinski definition) is 1. The summed E-state index contributed by atoms with van der Waals surface area (Å²) in [7, 11) is 1.58. The van der Waals surface area contributed by atoms with E-state index >= 15 is 0 Å². The maximum absolute atomic E-state index is 12.6. The lowest BCUT2D eigenvalue weighted by Gasteiger charge is -2.16. The number of amides is 2. The van der Waals surface area contributed by atoms with Crippen LogP contribution in [-0.4, -0.2) is 30.6 Å². The third-order valence-corrected chi connectivity index (χ3v) is 4.70. The highest BCUT2D eigenvalue weighted by Crippen LogP contribution is 2.31. The Morgan fingerprint density at radius 3 is 2.71 bits per heavy atom. The van der Waals surface area contributed by atoms with Gasteiger partial charge < -0.3 is 14.2 Å². The quantitative estimate of drug-likeness (QED) is 0.737. The minimum Gasteiger partial charge on any atom is -0.496 e. The third-order valence-electron chi connectivity index (χ3n) is 4.70. The summed E-state index contributed by atoms with van der Waals surface area (Å²) in [5, 5.41) is 6.72. The number of benzene rings is 2. The first kappa shape index (κ1) is 17.8. The van der Waals surface area contributed by atoms with Crippen LogP contribution in [0.4, 0.5) is 11.6 Å². The maximum atomic E-state index is 12.6. The average Bonchev–Trinajstić information content (AvgIpc) is 3.35. The molecule has 2 heterocycles. The van der Waals surface area contributed by atoms with E-state index in [9.17, 15) is 9.59 Å². The summed E-state index contributed by atoms with van der Waals surface area (Å²) < 4.78 is 10.6. The van der Waals surface area contributed by atoms with Gasteiger partial charge in [0.25, 0.3) is 0 Å². The van der Waals surface area contributed by atoms with E-state index in [1.807, 2.05) is 54.6 Å². The van der Waals surface area contributed by atoms with Crippen LogP contribution in [-0.2, 0) is 9.59 Å². The molecule has 0 radical (unpaired) electrons. The van der Waals surface area contributed by atoms with E-state index in [0.717, 1.165) is 11.3 Å². The summed E-state index contributed by atoms with van der Waals surface area (Å²) in [6.07, 6.45) is 0.161. The van der Waals surface area contributed by atoms with Gasteiger partial charge >= 0.3 is 0 Å². The second-order valence-corrected chi connectivity index (χ2v) is 6.51. The van der Waals surface area contributed by atoms with E-state index in [4.69, 9.17) is 9.26 Å². The van der Waals surface area contributed by atoms with Gasteiger partial charge in [0.2, 0.25) is 17.7 Å². The van der Waals surface area contributed by atoms with Crippen LogP contribution in [0, 0.1) is 5.92 Å². The van der Waals surface area contributed by atoms with E-state index in [1.54, 1.807) is 18.1 Å². The molecule has 28 heavy (non-hydrogen) atoms. The van der Waals surface area contributed by atoms with Gasteiger partial charge in [0, 0.05) is 30.3 Å². The van der Waals surface area contributed by atoms with Crippen molar-refractivity contribution in [3.8, 4) is 17.0 Å². The molecule has 4 rings (SSSR count). The van der Waals surface area contributed by atoms with Gasteiger partial charge in [-0.25, -0.2) is 0 Å². The molecule has 7 heteroatoms. The molecule has 1 N–H and O–H groups in total. The van der Waals surface area contributed by atoms with Gasteiger partial charge in [-0.15, -0.1) is 0 Å². The van der Waals surface area contributed by atoms with Gasteiger partial charge in [-0.1, -0.05) is 35.5 Å². The minimum absolute atomic E-state index is 0.0707. The van der Waals surface area contributed by atoms with Crippen molar-refractivity contribution < 1.29 is 18.8 Å². The molecule has 1 aliphatic rings. The van der Waals surface area contributed by atoms with Crippen molar-refractivity contribution >= 4 is 23.4 Å². The predicted octanol–water partition coefficient (Wildman–Crippen LogP) is 3.34. The number of carbonyl (C=O) groups excluding carboxylic acids is 2. The number of rotatable bonds is 5. The van der Waals surface area contributed by atoms with Crippen LogP contribution >= 0.6 is 0 Å². The predicted molar refractivity (Wildman–Crippen MR) is 104 cm³/mol. The first-order valence-corrected chi connectivity index (χ1v) is 8.92. The normalized spacial score (nSPS) is 16.2. The molecule has 1 aromatic heterocycles. The molecular formula is C21H19N3O4. The van der Waals surface area contributed by atoms with Gasteiger partial charge in [0.05, 0.1) is 13.0 Å². The van der Waals surface area contributed by atoms with Crippen molar-refractivity contribution in [2.24, 2.45) is 5.92 Å². The highest BCUT2D eigenvalue weighted by molar-refractivity contribution is 6.03. The molecule has 0 bridgehead atoms. The number of ether oxygens (including phenoxy) is 1. The van der Waals surface area contributed by atoms with Crippen LogP contribution in [0.3, 0.4) is 0 Å². The molecule has 3 aromatic rings. The maximum Gasteiger partial charge on any atom is 0.232 e. The lowest BCUT2D eigenvalue weighted by molar-refractivity contribution is -0.122. The summed E-state index contributed by atoms with van der Waals surface area (Å²) in [4.78, 5) is 26.5. The Morgan fingerprint density at radius 2 is 1.93 bits per heavy atom. The Balaban J connectivity index is 1.45. The standard InChI is InChI=1S/C21H19N3O4/c1-27-18-10-6-5-9-16(18)17-12-19(28-23-17)22-21(26)14-11-20(25)24(13-14)15-7-3-2-4-8-15/h2-10,12,14H,11,13H2,1H3,(H,22,26). The molecule has 7 nitrogen and oxygen atoms in total. The van der Waals surface area contributed by atoms with E-state index in [-0.39, 0.29) is 24.1 Å². The fourth-order valence-corrected chi connectivity index (χ4v) is 3.28. The fraction of sp³-hybridized carbons (Fsp3) is 0.190. The molecule has 1 fully saturated rings. The van der Waals surface area contributed by atoms with Crippen molar-refractivity contribution in [2.75, 3.05) is 23.9 Å². The highest BCUT2D eigenvalue weighted by Gasteiger charge is 2.35. The van der Waals surface area contributed by atoms with Crippen LogP contribution in [0.5, 0.6) is 5.75 Å². The Hall–Kier alpha value is -3.61. The second-order valence-electron chi connectivity index (χ2n) is 6.51. The van der Waals surface area contributed by atoms with Crippen molar-refractivity contribution in [2.45, 2.75) is 6.42 Å². The number of hydrogen-bond acceptors (Lipinski definition) is 5. The largest absolute Gasteiger partial charge is 0.496 e. The molecule has 142 valence electrons. The van der Waals surface area contributed by atoms with E-state index in [0.29, 0.717) is 18.0 Å². The number of nitrogens with zero attached hydrogens (tertiary/aromatic N) is 2. The first-order chi connectivity index (χ1) is 13.7. The summed E-state index contributed by atoms with van der Waals surface area (Å²) in [6, 6.07) is 18.4. The average molecular weight is 377 g/mol. The third kappa shape index (κ3) is 3.46. The Morgan fingerprint density at radius 1 is 1.18 bits per heavy atom. The summed E-state index contributed by atoms with van der Waals surface area (Å²) in [5.41, 5.74) is 2.11. The van der Waals surface area contributed by atoms with Crippen molar-refractivity contribution in [1.82, 2.24) is 5.16 Å². The van der Waals surface area contributed by atoms with Crippen LogP contribution in [0.1, 0.15) is 6.42 Å². The molecule has 1 saturated heterocycles. The van der Waals surface area contributed by atoms with Crippen molar-refractivity contribution in [3.63, 3.8) is 0 Å². The van der Waals surface area contributed by atoms with Gasteiger partial charge in [0.15, 0.2) is 0 Å². The summed E-state index contributed by atoms with van der Waals surface area (Å²) >= 11 is 0. The molecule has 2 amide bonds. The van der Waals surface area contributed by atoms with Gasteiger partial charge in [-0.3, -0.25) is 14.9 Å². The molecule has 2 aromatic carbocycles. The Labute approximate surface area is 161 Å². The lowest BCUT2D eigenvalue weighted by atomic mass is 10.1. The number of para-hydroxylation sites is 2. The van der Waals surface area contributed by atoms with Gasteiger partial charge in [-0.2, -0.15) is 0 Å².